The predicted molar refractivity (Wildman–Crippen MR) is 90.9 cm³/mol. The zero-order valence-corrected chi connectivity index (χ0v) is 14.0. The highest BCUT2D eigenvalue weighted by Crippen LogP contribution is 2.30. The molecule has 8 heteroatoms. The van der Waals surface area contributed by atoms with Gasteiger partial charge in [0.05, 0.1) is 0 Å². The minimum atomic E-state index is -0.464. The second kappa shape index (κ2) is 6.96. The number of hydrogen-bond donors (Lipinski definition) is 4. The minimum absolute atomic E-state index is 0.172. The first-order valence-corrected chi connectivity index (χ1v) is 8.17. The number of primary amides is 1. The molecule has 24 heavy (non-hydrogen) atoms. The van der Waals surface area contributed by atoms with Crippen LogP contribution in [0.4, 0.5) is 11.6 Å². The quantitative estimate of drug-likeness (QED) is 0.652. The number of nitrogens with two attached hydrogens (primary N) is 1. The Morgan fingerprint density at radius 1 is 1.25 bits per heavy atom. The molecule has 3 rings (SSSR count). The Kier molecular flexibility index (Phi) is 4.75. The monoisotopic (exact) mass is 329 g/mol. The Labute approximate surface area is 140 Å². The van der Waals surface area contributed by atoms with Gasteiger partial charge in [-0.25, -0.2) is 9.97 Å². The van der Waals surface area contributed by atoms with Gasteiger partial charge in [0.15, 0.2) is 5.82 Å². The lowest BCUT2D eigenvalue weighted by Crippen LogP contribution is -2.37. The number of nitrogens with one attached hydrogen (secondary N) is 3. The molecule has 0 saturated carbocycles. The van der Waals surface area contributed by atoms with Gasteiger partial charge in [-0.05, 0) is 45.7 Å². The maximum absolute atomic E-state index is 12.1. The zero-order chi connectivity index (χ0) is 17.1. The maximum Gasteiger partial charge on any atom is 0.228 e. The van der Waals surface area contributed by atoms with E-state index in [1.807, 2.05) is 26.0 Å². The molecule has 3 heterocycles. The van der Waals surface area contributed by atoms with Crippen LogP contribution < -0.4 is 16.4 Å². The number of nitrogens with zero attached hydrogens (tertiary/aromatic N) is 3. The largest absolute Gasteiger partial charge is 0.369 e. The van der Waals surface area contributed by atoms with Gasteiger partial charge in [-0.15, -0.1) is 0 Å². The Bertz CT molecular complexity index is 721. The van der Waals surface area contributed by atoms with Crippen molar-refractivity contribution in [1.29, 1.82) is 0 Å². The lowest BCUT2D eigenvalue weighted by atomic mass is 9.83. The zero-order valence-electron chi connectivity index (χ0n) is 14.0. The Morgan fingerprint density at radius 3 is 2.62 bits per heavy atom. The number of amides is 1. The van der Waals surface area contributed by atoms with Crippen LogP contribution in [0.2, 0.25) is 0 Å². The van der Waals surface area contributed by atoms with Crippen molar-refractivity contribution in [3.63, 3.8) is 0 Å². The van der Waals surface area contributed by atoms with Crippen molar-refractivity contribution < 1.29 is 4.79 Å². The summed E-state index contributed by atoms with van der Waals surface area (Å²) < 4.78 is 0. The van der Waals surface area contributed by atoms with Crippen molar-refractivity contribution in [2.45, 2.75) is 32.6 Å². The summed E-state index contributed by atoms with van der Waals surface area (Å²) in [5, 5.41) is 13.5. The molecule has 0 bridgehead atoms. The predicted octanol–water partition coefficient (Wildman–Crippen LogP) is 1.13. The average Bonchev–Trinajstić information content (AvgIpc) is 2.92. The lowest BCUT2D eigenvalue weighted by molar-refractivity contribution is -0.121. The summed E-state index contributed by atoms with van der Waals surface area (Å²) in [6, 6.07) is 3.71. The smallest absolute Gasteiger partial charge is 0.228 e. The summed E-state index contributed by atoms with van der Waals surface area (Å²) in [6.45, 7) is 5.58. The van der Waals surface area contributed by atoms with Crippen LogP contribution in [-0.4, -0.2) is 39.2 Å². The van der Waals surface area contributed by atoms with E-state index in [1.54, 1.807) is 0 Å². The SMILES string of the molecule is Cc1cc(Nc2cc(C)[nH]n2)nc(C(C(N)=O)C2CCNCC2)n1. The van der Waals surface area contributed by atoms with E-state index in [-0.39, 0.29) is 11.8 Å². The number of carbonyl (C=O) groups is 1. The van der Waals surface area contributed by atoms with Crippen LogP contribution >= 0.6 is 0 Å². The van der Waals surface area contributed by atoms with Crippen molar-refractivity contribution in [1.82, 2.24) is 25.5 Å². The van der Waals surface area contributed by atoms with Crippen LogP contribution in [-0.2, 0) is 4.79 Å². The Balaban J connectivity index is 1.89. The van der Waals surface area contributed by atoms with E-state index in [2.05, 4.69) is 30.8 Å². The molecule has 0 aromatic carbocycles. The number of aryl methyl sites for hydroxylation is 2. The molecule has 0 spiro atoms. The first kappa shape index (κ1) is 16.4. The van der Waals surface area contributed by atoms with Gasteiger partial charge in [0.2, 0.25) is 5.91 Å². The van der Waals surface area contributed by atoms with Crippen LogP contribution in [0.3, 0.4) is 0 Å². The Morgan fingerprint density at radius 2 is 2.00 bits per heavy atom. The number of H-pyrrole nitrogens is 1. The second-order valence-electron chi connectivity index (χ2n) is 6.28. The number of aromatic amines is 1. The van der Waals surface area contributed by atoms with Crippen molar-refractivity contribution in [3.8, 4) is 0 Å². The van der Waals surface area contributed by atoms with E-state index in [4.69, 9.17) is 5.73 Å². The van der Waals surface area contributed by atoms with E-state index in [1.165, 1.54) is 0 Å². The number of aromatic nitrogens is 4. The molecular formula is C16H23N7O. The van der Waals surface area contributed by atoms with E-state index < -0.39 is 5.92 Å². The third-order valence-corrected chi connectivity index (χ3v) is 4.27. The molecule has 1 atom stereocenters. The van der Waals surface area contributed by atoms with Crippen LogP contribution in [0, 0.1) is 19.8 Å². The van der Waals surface area contributed by atoms with Gasteiger partial charge in [-0.2, -0.15) is 5.10 Å². The third kappa shape index (κ3) is 3.70. The van der Waals surface area contributed by atoms with Gasteiger partial charge in [-0.1, -0.05) is 0 Å². The molecule has 0 aliphatic carbocycles. The molecular weight excluding hydrogens is 306 g/mol. The van der Waals surface area contributed by atoms with E-state index in [0.29, 0.717) is 17.5 Å². The second-order valence-corrected chi connectivity index (χ2v) is 6.28. The van der Waals surface area contributed by atoms with Gasteiger partial charge in [0.25, 0.3) is 0 Å². The molecule has 1 aliphatic heterocycles. The molecule has 128 valence electrons. The third-order valence-electron chi connectivity index (χ3n) is 4.27. The first-order valence-electron chi connectivity index (χ1n) is 8.17. The molecule has 1 fully saturated rings. The van der Waals surface area contributed by atoms with Crippen molar-refractivity contribution in [3.05, 3.63) is 29.3 Å². The van der Waals surface area contributed by atoms with Gasteiger partial charge in [-0.3, -0.25) is 9.89 Å². The highest BCUT2D eigenvalue weighted by atomic mass is 16.1. The van der Waals surface area contributed by atoms with Gasteiger partial charge < -0.3 is 16.4 Å². The fraction of sp³-hybridized carbons (Fsp3) is 0.500. The number of rotatable bonds is 5. The fourth-order valence-corrected chi connectivity index (χ4v) is 3.16. The van der Waals surface area contributed by atoms with Crippen LogP contribution in [0.25, 0.3) is 0 Å². The molecule has 1 amide bonds. The molecule has 8 nitrogen and oxygen atoms in total. The molecule has 1 aliphatic rings. The summed E-state index contributed by atoms with van der Waals surface area (Å²) >= 11 is 0. The maximum atomic E-state index is 12.1. The minimum Gasteiger partial charge on any atom is -0.369 e. The number of carbonyl (C=O) groups excluding carboxylic acids is 1. The summed E-state index contributed by atoms with van der Waals surface area (Å²) in [5.41, 5.74) is 7.42. The van der Waals surface area contributed by atoms with Gasteiger partial charge >= 0.3 is 0 Å². The summed E-state index contributed by atoms with van der Waals surface area (Å²) in [4.78, 5) is 21.1. The van der Waals surface area contributed by atoms with Crippen LogP contribution in [0.5, 0.6) is 0 Å². The van der Waals surface area contributed by atoms with Crippen molar-refractivity contribution in [2.75, 3.05) is 18.4 Å². The summed E-state index contributed by atoms with van der Waals surface area (Å²) in [5.74, 6) is 1.12. The van der Waals surface area contributed by atoms with Gasteiger partial charge in [0, 0.05) is 23.5 Å². The van der Waals surface area contributed by atoms with E-state index in [9.17, 15) is 4.79 Å². The van der Waals surface area contributed by atoms with Crippen molar-refractivity contribution >= 4 is 17.5 Å². The number of piperidine rings is 1. The fourth-order valence-electron chi connectivity index (χ4n) is 3.16. The lowest BCUT2D eigenvalue weighted by Gasteiger charge is -2.28. The molecule has 5 N–H and O–H groups in total. The normalized spacial score (nSPS) is 16.8. The Hall–Kier alpha value is -2.48. The van der Waals surface area contributed by atoms with Crippen molar-refractivity contribution in [2.24, 2.45) is 11.7 Å². The summed E-state index contributed by atoms with van der Waals surface area (Å²) in [6.07, 6.45) is 1.79. The molecule has 0 radical (unpaired) electrons. The van der Waals surface area contributed by atoms with Crippen LogP contribution in [0.15, 0.2) is 12.1 Å². The highest BCUT2D eigenvalue weighted by molar-refractivity contribution is 5.81. The summed E-state index contributed by atoms with van der Waals surface area (Å²) in [7, 11) is 0. The highest BCUT2D eigenvalue weighted by Gasteiger charge is 2.32. The molecule has 2 aromatic heterocycles. The molecule has 2 aromatic rings. The van der Waals surface area contributed by atoms with Crippen LogP contribution in [0.1, 0.15) is 36.0 Å². The molecule has 1 unspecified atom stereocenters. The topological polar surface area (TPSA) is 122 Å². The number of hydrogen-bond acceptors (Lipinski definition) is 6. The standard InChI is InChI=1S/C16H23N7O/c1-9-7-12(20-13-8-10(2)22-23-13)21-16(19-9)14(15(17)24)11-3-5-18-6-4-11/h7-8,11,14,18H,3-6H2,1-2H3,(H2,17,24)(H2,19,20,21,22,23). The number of anilines is 2. The first-order chi connectivity index (χ1) is 11.5. The van der Waals surface area contributed by atoms with E-state index >= 15 is 0 Å². The van der Waals surface area contributed by atoms with E-state index in [0.717, 1.165) is 37.3 Å². The van der Waals surface area contributed by atoms with Gasteiger partial charge in [0.1, 0.15) is 17.6 Å². The average molecular weight is 329 g/mol. The molecule has 1 saturated heterocycles.